The maximum Gasteiger partial charge on any atom is 0.235 e. The zero-order chi connectivity index (χ0) is 24.0. The van der Waals surface area contributed by atoms with E-state index in [1.54, 1.807) is 7.11 Å². The van der Waals surface area contributed by atoms with Crippen LogP contribution in [0.1, 0.15) is 38.7 Å². The second kappa shape index (κ2) is 11.2. The third-order valence-corrected chi connectivity index (χ3v) is 7.16. The highest BCUT2D eigenvalue weighted by atomic mass is 16.5. The summed E-state index contributed by atoms with van der Waals surface area (Å²) < 4.78 is 16.8. The summed E-state index contributed by atoms with van der Waals surface area (Å²) in [6.45, 7) is 9.72. The molecule has 4 rings (SSSR count). The zero-order valence-corrected chi connectivity index (χ0v) is 20.7. The lowest BCUT2D eigenvalue weighted by atomic mass is 9.73. The van der Waals surface area contributed by atoms with Crippen LogP contribution in [0.5, 0.6) is 11.5 Å². The van der Waals surface area contributed by atoms with Crippen LogP contribution in [0.25, 0.3) is 0 Å². The molecule has 184 valence electrons. The summed E-state index contributed by atoms with van der Waals surface area (Å²) in [6, 6.07) is 15.5. The molecular weight excluding hydrogens is 428 g/mol. The number of likely N-dealkylation sites (tertiary alicyclic amines) is 1. The van der Waals surface area contributed by atoms with E-state index in [0.29, 0.717) is 32.7 Å². The number of carbonyl (C=O) groups excluding carboxylic acids is 1. The average molecular weight is 467 g/mol. The van der Waals surface area contributed by atoms with Gasteiger partial charge in [0.1, 0.15) is 18.1 Å². The summed E-state index contributed by atoms with van der Waals surface area (Å²) in [5, 5.41) is 3.13. The third kappa shape index (κ3) is 5.91. The molecule has 2 fully saturated rings. The van der Waals surface area contributed by atoms with Crippen LogP contribution in [-0.4, -0.2) is 57.4 Å². The van der Waals surface area contributed by atoms with Gasteiger partial charge in [-0.1, -0.05) is 26.0 Å². The molecular formula is C28H38N2O4. The highest BCUT2D eigenvalue weighted by Gasteiger charge is 2.41. The lowest BCUT2D eigenvalue weighted by molar-refractivity contribution is -0.125. The van der Waals surface area contributed by atoms with Gasteiger partial charge in [0.05, 0.1) is 12.5 Å². The number of amides is 1. The van der Waals surface area contributed by atoms with Gasteiger partial charge < -0.3 is 19.5 Å². The fraction of sp³-hybridized carbons (Fsp3) is 0.536. The minimum Gasteiger partial charge on any atom is -0.497 e. The van der Waals surface area contributed by atoms with Crippen molar-refractivity contribution in [2.45, 2.75) is 38.5 Å². The van der Waals surface area contributed by atoms with Crippen molar-refractivity contribution < 1.29 is 19.0 Å². The Labute approximate surface area is 203 Å². The number of hydrogen-bond donors (Lipinski definition) is 1. The number of hydrogen-bond acceptors (Lipinski definition) is 5. The summed E-state index contributed by atoms with van der Waals surface area (Å²) in [5.74, 6) is 3.12. The van der Waals surface area contributed by atoms with Gasteiger partial charge in [-0.25, -0.2) is 0 Å². The zero-order valence-electron chi connectivity index (χ0n) is 20.7. The van der Waals surface area contributed by atoms with E-state index in [9.17, 15) is 4.79 Å². The van der Waals surface area contributed by atoms with Gasteiger partial charge in [0.2, 0.25) is 5.91 Å². The molecule has 2 heterocycles. The van der Waals surface area contributed by atoms with Gasteiger partial charge in [0.15, 0.2) is 0 Å². The van der Waals surface area contributed by atoms with Crippen LogP contribution in [0.4, 0.5) is 5.69 Å². The van der Waals surface area contributed by atoms with Gasteiger partial charge in [-0.05, 0) is 73.1 Å². The smallest absolute Gasteiger partial charge is 0.235 e. The molecule has 0 aromatic heterocycles. The molecule has 2 aliphatic heterocycles. The molecule has 6 heteroatoms. The predicted octanol–water partition coefficient (Wildman–Crippen LogP) is 4.74. The van der Waals surface area contributed by atoms with Gasteiger partial charge in [-0.2, -0.15) is 0 Å². The van der Waals surface area contributed by atoms with E-state index >= 15 is 0 Å². The maximum absolute atomic E-state index is 13.5. The Morgan fingerprint density at radius 2 is 1.62 bits per heavy atom. The summed E-state index contributed by atoms with van der Waals surface area (Å²) in [7, 11) is 1.65. The lowest BCUT2D eigenvalue weighted by Gasteiger charge is -2.36. The van der Waals surface area contributed by atoms with Crippen molar-refractivity contribution in [3.63, 3.8) is 0 Å². The standard InChI is InChI=1S/C28H38N2O4/c1-21-18-22(2)20-30(19-21)14-17-34-26-10-6-24(7-11-26)29-27(31)28(12-15-33-16-13-28)23-4-8-25(32-3)9-5-23/h4-11,21-22H,12-20H2,1-3H3,(H,29,31). The number of nitrogens with zero attached hydrogens (tertiary/aromatic N) is 1. The van der Waals surface area contributed by atoms with Crippen LogP contribution < -0.4 is 14.8 Å². The van der Waals surface area contributed by atoms with Gasteiger partial charge in [-0.3, -0.25) is 9.69 Å². The molecule has 2 aliphatic rings. The Morgan fingerprint density at radius 3 is 2.24 bits per heavy atom. The van der Waals surface area contributed by atoms with E-state index in [0.717, 1.165) is 54.2 Å². The molecule has 2 aromatic carbocycles. The Hall–Kier alpha value is -2.57. The second-order valence-electron chi connectivity index (χ2n) is 9.96. The van der Waals surface area contributed by atoms with Crippen molar-refractivity contribution in [2.24, 2.45) is 11.8 Å². The monoisotopic (exact) mass is 466 g/mol. The first-order valence-electron chi connectivity index (χ1n) is 12.5. The molecule has 1 N–H and O–H groups in total. The van der Waals surface area contributed by atoms with E-state index < -0.39 is 5.41 Å². The minimum absolute atomic E-state index is 0.00275. The Morgan fingerprint density at radius 1 is 1.00 bits per heavy atom. The van der Waals surface area contributed by atoms with Crippen LogP contribution >= 0.6 is 0 Å². The molecule has 6 nitrogen and oxygen atoms in total. The normalized spacial score (nSPS) is 22.7. The minimum atomic E-state index is -0.609. The topological polar surface area (TPSA) is 60.0 Å². The Bertz CT molecular complexity index is 912. The Balaban J connectivity index is 1.35. The van der Waals surface area contributed by atoms with E-state index in [1.807, 2.05) is 48.5 Å². The molecule has 34 heavy (non-hydrogen) atoms. The van der Waals surface area contributed by atoms with Gasteiger partial charge in [-0.15, -0.1) is 0 Å². The molecule has 0 spiro atoms. The number of ether oxygens (including phenoxy) is 3. The maximum atomic E-state index is 13.5. The molecule has 2 aromatic rings. The van der Waals surface area contributed by atoms with Crippen LogP contribution in [0.15, 0.2) is 48.5 Å². The van der Waals surface area contributed by atoms with E-state index in [2.05, 4.69) is 24.1 Å². The van der Waals surface area contributed by atoms with Crippen LogP contribution in [0.3, 0.4) is 0 Å². The molecule has 2 saturated heterocycles. The first-order chi connectivity index (χ1) is 16.5. The number of anilines is 1. The number of benzene rings is 2. The number of piperidine rings is 1. The lowest BCUT2D eigenvalue weighted by Crippen LogP contribution is -2.44. The molecule has 1 amide bonds. The Kier molecular flexibility index (Phi) is 8.11. The van der Waals surface area contributed by atoms with Crippen molar-refractivity contribution in [3.8, 4) is 11.5 Å². The molecule has 2 atom stereocenters. The van der Waals surface area contributed by atoms with Crippen LogP contribution in [-0.2, 0) is 14.9 Å². The van der Waals surface area contributed by atoms with Crippen molar-refractivity contribution in [1.29, 1.82) is 0 Å². The fourth-order valence-corrected chi connectivity index (χ4v) is 5.43. The van der Waals surface area contributed by atoms with Crippen LogP contribution in [0, 0.1) is 11.8 Å². The summed E-state index contributed by atoms with van der Waals surface area (Å²) >= 11 is 0. The van der Waals surface area contributed by atoms with Gasteiger partial charge >= 0.3 is 0 Å². The summed E-state index contributed by atoms with van der Waals surface area (Å²) in [4.78, 5) is 16.0. The van der Waals surface area contributed by atoms with Crippen molar-refractivity contribution in [2.75, 3.05) is 51.9 Å². The van der Waals surface area contributed by atoms with Crippen molar-refractivity contribution in [3.05, 3.63) is 54.1 Å². The second-order valence-corrected chi connectivity index (χ2v) is 9.96. The SMILES string of the molecule is COc1ccc(C2(C(=O)Nc3ccc(OCCN4CC(C)CC(C)C4)cc3)CCOCC2)cc1. The molecule has 0 saturated carbocycles. The van der Waals surface area contributed by atoms with Crippen molar-refractivity contribution >= 4 is 11.6 Å². The van der Waals surface area contributed by atoms with E-state index in [4.69, 9.17) is 14.2 Å². The fourth-order valence-electron chi connectivity index (χ4n) is 5.43. The van der Waals surface area contributed by atoms with Crippen molar-refractivity contribution in [1.82, 2.24) is 4.90 Å². The highest BCUT2D eigenvalue weighted by Crippen LogP contribution is 2.37. The molecule has 0 bridgehead atoms. The molecule has 0 aliphatic carbocycles. The number of rotatable bonds is 8. The first-order valence-corrected chi connectivity index (χ1v) is 12.5. The number of nitrogens with one attached hydrogen (secondary N) is 1. The number of carbonyl (C=O) groups is 1. The van der Waals surface area contributed by atoms with E-state index in [1.165, 1.54) is 6.42 Å². The third-order valence-electron chi connectivity index (χ3n) is 7.16. The van der Waals surface area contributed by atoms with E-state index in [-0.39, 0.29) is 5.91 Å². The summed E-state index contributed by atoms with van der Waals surface area (Å²) in [5.41, 5.74) is 1.16. The van der Waals surface area contributed by atoms with Gasteiger partial charge in [0.25, 0.3) is 0 Å². The average Bonchev–Trinajstić information content (AvgIpc) is 2.85. The summed E-state index contributed by atoms with van der Waals surface area (Å²) in [6.07, 6.45) is 2.62. The van der Waals surface area contributed by atoms with Crippen LogP contribution in [0.2, 0.25) is 0 Å². The van der Waals surface area contributed by atoms with Gasteiger partial charge in [0, 0.05) is 38.5 Å². The molecule has 0 radical (unpaired) electrons. The quantitative estimate of drug-likeness (QED) is 0.609. The predicted molar refractivity (Wildman–Crippen MR) is 135 cm³/mol. The number of methoxy groups -OCH3 is 1. The molecule has 2 unspecified atom stereocenters. The largest absolute Gasteiger partial charge is 0.497 e. The first kappa shape index (κ1) is 24.6. The highest BCUT2D eigenvalue weighted by molar-refractivity contribution is 5.99.